The quantitative estimate of drug-likeness (QED) is 0.114. The molecule has 2 nitrogen and oxygen atoms in total. The fraction of sp³-hybridized carbons (Fsp3) is 0.341. The van der Waals surface area contributed by atoms with Gasteiger partial charge in [0.15, 0.2) is 6.20 Å². The molecule has 0 aliphatic rings. The molecule has 43 heavy (non-hydrogen) atoms. The van der Waals surface area contributed by atoms with Gasteiger partial charge in [0.1, 0.15) is 7.05 Å². The van der Waals surface area contributed by atoms with Crippen LogP contribution in [0.25, 0.3) is 60.1 Å². The van der Waals surface area contributed by atoms with Crippen LogP contribution in [0.3, 0.4) is 0 Å². The molecule has 0 radical (unpaired) electrons. The lowest BCUT2D eigenvalue weighted by Gasteiger charge is -2.24. The zero-order valence-corrected chi connectivity index (χ0v) is 27.8. The molecule has 0 bridgehead atoms. The molecule has 7 aromatic rings. The SMILES string of the molecule is Cc1cc2c3ccc(C)c(C)c3n3c4cc(-c5c(C(C)C)cc(C(C)C)cc5C(C)C)cc5cc[n+](C)c(c(c1C)c23)c54. The van der Waals surface area contributed by atoms with Crippen LogP contribution in [0.15, 0.2) is 54.7 Å². The minimum absolute atomic E-state index is 0.428. The molecule has 0 fully saturated rings. The first-order valence-electron chi connectivity index (χ1n) is 16.1. The summed E-state index contributed by atoms with van der Waals surface area (Å²) in [7, 11) is 2.21. The minimum atomic E-state index is 0.428. The zero-order valence-electron chi connectivity index (χ0n) is 27.8. The molecule has 218 valence electrons. The molecule has 0 saturated carbocycles. The second kappa shape index (κ2) is 9.55. The maximum atomic E-state index is 2.63. The lowest BCUT2D eigenvalue weighted by atomic mass is 9.81. The number of nitrogens with zero attached hydrogens (tertiary/aromatic N) is 2. The number of aryl methyl sites for hydroxylation is 5. The molecule has 0 aliphatic carbocycles. The predicted octanol–water partition coefficient (Wildman–Crippen LogP) is 11.1. The van der Waals surface area contributed by atoms with Crippen LogP contribution in [0.2, 0.25) is 0 Å². The third kappa shape index (κ3) is 3.81. The Hall–Kier alpha value is -3.91. The summed E-state index contributed by atoms with van der Waals surface area (Å²) in [5.74, 6) is 1.36. The van der Waals surface area contributed by atoms with E-state index in [4.69, 9.17) is 0 Å². The molecule has 3 aromatic heterocycles. The van der Waals surface area contributed by atoms with Crippen LogP contribution >= 0.6 is 0 Å². The standard InChI is InChI=1S/C41H45N2/c1-21(2)29-18-32(22(3)4)37(33(19-29)23(5)6)30-17-28-14-15-42(11)41-36-26(9)25(8)16-34-31-13-12-24(7)27(10)39(31)43(40(34)36)35(20-30)38(28)41/h12-23H,1-11H3/q+1. The Labute approximate surface area is 256 Å². The maximum absolute atomic E-state index is 2.63. The predicted molar refractivity (Wildman–Crippen MR) is 186 cm³/mol. The van der Waals surface area contributed by atoms with Gasteiger partial charge in [0.05, 0.1) is 27.3 Å². The first-order valence-corrected chi connectivity index (χ1v) is 16.1. The molecule has 0 aliphatic heterocycles. The van der Waals surface area contributed by atoms with Crippen molar-refractivity contribution in [3.05, 3.63) is 93.7 Å². The second-order valence-electron chi connectivity index (χ2n) is 14.1. The van der Waals surface area contributed by atoms with Crippen molar-refractivity contribution in [3.63, 3.8) is 0 Å². The molecule has 3 heterocycles. The van der Waals surface area contributed by atoms with Gasteiger partial charge in [0.25, 0.3) is 0 Å². The van der Waals surface area contributed by atoms with E-state index >= 15 is 0 Å². The number of hydrogen-bond donors (Lipinski definition) is 0. The van der Waals surface area contributed by atoms with E-state index in [1.807, 2.05) is 0 Å². The van der Waals surface area contributed by atoms with Crippen LogP contribution in [0.4, 0.5) is 0 Å². The average Bonchev–Trinajstić information content (AvgIpc) is 3.29. The van der Waals surface area contributed by atoms with Gasteiger partial charge in [-0.25, -0.2) is 4.57 Å². The molecule has 0 unspecified atom stereocenters. The third-order valence-electron chi connectivity index (χ3n) is 10.4. The van der Waals surface area contributed by atoms with Crippen LogP contribution in [0.1, 0.15) is 98.2 Å². The van der Waals surface area contributed by atoms with Gasteiger partial charge in [-0.15, -0.1) is 0 Å². The minimum Gasteiger partial charge on any atom is -0.307 e. The second-order valence-corrected chi connectivity index (χ2v) is 14.1. The van der Waals surface area contributed by atoms with Crippen molar-refractivity contribution in [2.75, 3.05) is 0 Å². The van der Waals surface area contributed by atoms with Crippen molar-refractivity contribution in [1.82, 2.24) is 4.40 Å². The number of pyridine rings is 2. The number of hydrogen-bond acceptors (Lipinski definition) is 0. The molecular formula is C41H45N2+. The lowest BCUT2D eigenvalue weighted by molar-refractivity contribution is -0.643. The van der Waals surface area contributed by atoms with E-state index in [1.165, 1.54) is 99.1 Å². The van der Waals surface area contributed by atoms with Gasteiger partial charge in [0, 0.05) is 16.8 Å². The summed E-state index contributed by atoms with van der Waals surface area (Å²) in [6, 6.07) is 19.4. The lowest BCUT2D eigenvalue weighted by Crippen LogP contribution is -2.29. The maximum Gasteiger partial charge on any atom is 0.224 e. The molecule has 0 atom stereocenters. The molecular weight excluding hydrogens is 520 g/mol. The summed E-state index contributed by atoms with van der Waals surface area (Å²) in [5, 5.41) is 6.75. The number of benzene rings is 4. The number of fused-ring (bicyclic) bond motifs is 5. The van der Waals surface area contributed by atoms with Gasteiger partial charge in [-0.2, -0.15) is 0 Å². The van der Waals surface area contributed by atoms with Crippen molar-refractivity contribution in [1.29, 1.82) is 0 Å². The largest absolute Gasteiger partial charge is 0.307 e. The van der Waals surface area contributed by atoms with Crippen molar-refractivity contribution in [2.24, 2.45) is 7.05 Å². The van der Waals surface area contributed by atoms with Gasteiger partial charge in [0.2, 0.25) is 5.52 Å². The van der Waals surface area contributed by atoms with Crippen LogP contribution in [-0.2, 0) is 7.05 Å². The molecule has 2 heteroatoms. The highest BCUT2D eigenvalue weighted by Crippen LogP contribution is 2.46. The molecule has 0 amide bonds. The van der Waals surface area contributed by atoms with E-state index in [2.05, 4.69) is 140 Å². The van der Waals surface area contributed by atoms with Gasteiger partial charge >= 0.3 is 0 Å². The monoisotopic (exact) mass is 565 g/mol. The van der Waals surface area contributed by atoms with Crippen molar-refractivity contribution in [3.8, 4) is 11.1 Å². The van der Waals surface area contributed by atoms with Gasteiger partial charge < -0.3 is 4.40 Å². The summed E-state index contributed by atoms with van der Waals surface area (Å²) in [6.07, 6.45) is 2.27. The third-order valence-corrected chi connectivity index (χ3v) is 10.4. The Morgan fingerprint density at radius 3 is 1.93 bits per heavy atom. The van der Waals surface area contributed by atoms with Gasteiger partial charge in [-0.1, -0.05) is 65.8 Å². The summed E-state index contributed by atoms with van der Waals surface area (Å²) in [5.41, 5.74) is 17.9. The Bertz CT molecular complexity index is 2230. The van der Waals surface area contributed by atoms with E-state index in [-0.39, 0.29) is 0 Å². The fourth-order valence-electron chi connectivity index (χ4n) is 7.68. The molecule has 7 rings (SSSR count). The van der Waals surface area contributed by atoms with Crippen molar-refractivity contribution < 1.29 is 4.57 Å². The fourth-order valence-corrected chi connectivity index (χ4v) is 7.68. The number of aromatic nitrogens is 2. The topological polar surface area (TPSA) is 8.29 Å². The normalized spacial score (nSPS) is 12.7. The highest BCUT2D eigenvalue weighted by Gasteiger charge is 2.27. The first kappa shape index (κ1) is 27.9. The van der Waals surface area contributed by atoms with E-state index in [1.54, 1.807) is 0 Å². The highest BCUT2D eigenvalue weighted by molar-refractivity contribution is 6.26. The smallest absolute Gasteiger partial charge is 0.224 e. The highest BCUT2D eigenvalue weighted by atomic mass is 15.0. The summed E-state index contributed by atoms with van der Waals surface area (Å²) in [6.45, 7) is 23.2. The van der Waals surface area contributed by atoms with Crippen LogP contribution in [0.5, 0.6) is 0 Å². The molecule has 0 spiro atoms. The van der Waals surface area contributed by atoms with Crippen LogP contribution < -0.4 is 4.57 Å². The Morgan fingerprint density at radius 2 is 1.30 bits per heavy atom. The molecule has 4 aromatic carbocycles. The van der Waals surface area contributed by atoms with E-state index in [9.17, 15) is 0 Å². The van der Waals surface area contributed by atoms with Crippen LogP contribution in [0, 0.1) is 27.7 Å². The van der Waals surface area contributed by atoms with Gasteiger partial charge in [-0.05, 0) is 119 Å². The summed E-state index contributed by atoms with van der Waals surface area (Å²) in [4.78, 5) is 0. The van der Waals surface area contributed by atoms with E-state index < -0.39 is 0 Å². The number of rotatable bonds is 4. The Kier molecular flexibility index (Phi) is 6.19. The van der Waals surface area contributed by atoms with E-state index in [0.29, 0.717) is 17.8 Å². The van der Waals surface area contributed by atoms with Crippen molar-refractivity contribution >= 4 is 49.0 Å². The first-order chi connectivity index (χ1) is 20.4. The van der Waals surface area contributed by atoms with Crippen LogP contribution in [-0.4, -0.2) is 4.40 Å². The Balaban J connectivity index is 1.78. The molecule has 0 N–H and O–H groups in total. The Morgan fingerprint density at radius 1 is 0.628 bits per heavy atom. The zero-order chi connectivity index (χ0) is 30.6. The summed E-state index contributed by atoms with van der Waals surface area (Å²) < 4.78 is 4.97. The molecule has 0 saturated heterocycles. The van der Waals surface area contributed by atoms with E-state index in [0.717, 1.165) is 0 Å². The average molecular weight is 566 g/mol. The summed E-state index contributed by atoms with van der Waals surface area (Å²) >= 11 is 0. The van der Waals surface area contributed by atoms with Gasteiger partial charge in [-0.3, -0.25) is 0 Å². The van der Waals surface area contributed by atoms with Crippen molar-refractivity contribution in [2.45, 2.75) is 87.0 Å².